The van der Waals surface area contributed by atoms with Crippen molar-refractivity contribution >= 4 is 23.2 Å². The highest BCUT2D eigenvalue weighted by molar-refractivity contribution is 6.08. The van der Waals surface area contributed by atoms with Crippen LogP contribution in [0.3, 0.4) is 0 Å². The fourth-order valence-electron chi connectivity index (χ4n) is 5.53. The molecule has 2 aliphatic rings. The Balaban J connectivity index is 1.64. The standard InChI is InChI=1S/C31H42N4O5/c1-8-40-27-15-20-17-35(29(32)22(20)16-23(27)30(37)33-5)18-26(36)19-13-24(31(2,3)4)28(39-7)25(14-19)34-11-9-21(38-6)10-12-34/h13-16,21,32H,8-12,17-18H2,1-7H3,(H,33,37). The number of carbonyl (C=O) groups is 2. The average Bonchev–Trinajstić information content (AvgIpc) is 3.24. The Morgan fingerprint density at radius 3 is 2.38 bits per heavy atom. The average molecular weight is 551 g/mol. The molecule has 0 aliphatic carbocycles. The van der Waals surface area contributed by atoms with Gasteiger partial charge in [0.05, 0.1) is 37.6 Å². The zero-order chi connectivity index (χ0) is 29.2. The zero-order valence-electron chi connectivity index (χ0n) is 24.8. The van der Waals surface area contributed by atoms with Crippen LogP contribution in [-0.2, 0) is 16.7 Å². The van der Waals surface area contributed by atoms with Crippen LogP contribution in [0, 0.1) is 5.41 Å². The smallest absolute Gasteiger partial charge is 0.254 e. The predicted molar refractivity (Wildman–Crippen MR) is 157 cm³/mol. The molecule has 0 aromatic heterocycles. The van der Waals surface area contributed by atoms with Crippen LogP contribution in [0.5, 0.6) is 11.5 Å². The van der Waals surface area contributed by atoms with Gasteiger partial charge in [0.25, 0.3) is 5.91 Å². The minimum Gasteiger partial charge on any atom is -0.494 e. The van der Waals surface area contributed by atoms with Crippen LogP contribution in [0.4, 0.5) is 5.69 Å². The van der Waals surface area contributed by atoms with Gasteiger partial charge in [0.2, 0.25) is 0 Å². The van der Waals surface area contributed by atoms with E-state index >= 15 is 0 Å². The lowest BCUT2D eigenvalue weighted by atomic mass is 9.84. The molecule has 0 bridgehead atoms. The van der Waals surface area contributed by atoms with Gasteiger partial charge in [-0.25, -0.2) is 0 Å². The Morgan fingerprint density at radius 2 is 1.80 bits per heavy atom. The molecule has 2 aliphatic heterocycles. The van der Waals surface area contributed by atoms with Gasteiger partial charge in [0.1, 0.15) is 17.3 Å². The van der Waals surface area contributed by atoms with Crippen molar-refractivity contribution in [3.05, 3.63) is 52.1 Å². The van der Waals surface area contributed by atoms with Crippen molar-refractivity contribution in [1.29, 1.82) is 5.41 Å². The number of nitrogens with one attached hydrogen (secondary N) is 2. The first-order chi connectivity index (χ1) is 19.0. The van der Waals surface area contributed by atoms with Gasteiger partial charge in [-0.2, -0.15) is 0 Å². The van der Waals surface area contributed by atoms with Gasteiger partial charge >= 0.3 is 0 Å². The molecule has 0 saturated carbocycles. The van der Waals surface area contributed by atoms with Crippen molar-refractivity contribution in [3.8, 4) is 11.5 Å². The lowest BCUT2D eigenvalue weighted by Crippen LogP contribution is -2.37. The van der Waals surface area contributed by atoms with Crippen molar-refractivity contribution < 1.29 is 23.8 Å². The van der Waals surface area contributed by atoms with Crippen LogP contribution in [0.25, 0.3) is 0 Å². The molecule has 1 amide bonds. The monoisotopic (exact) mass is 550 g/mol. The molecule has 40 heavy (non-hydrogen) atoms. The number of carbonyl (C=O) groups excluding carboxylic acids is 2. The minimum absolute atomic E-state index is 0.0495. The quantitative estimate of drug-likeness (QED) is 0.446. The molecule has 1 fully saturated rings. The Hall–Kier alpha value is -3.59. The Labute approximate surface area is 237 Å². The number of anilines is 1. The highest BCUT2D eigenvalue weighted by atomic mass is 16.5. The van der Waals surface area contributed by atoms with Gasteiger partial charge < -0.3 is 29.3 Å². The summed E-state index contributed by atoms with van der Waals surface area (Å²) in [5.41, 5.74) is 4.13. The number of methoxy groups -OCH3 is 2. The lowest BCUT2D eigenvalue weighted by Gasteiger charge is -2.35. The van der Waals surface area contributed by atoms with Gasteiger partial charge in [0, 0.05) is 50.5 Å². The molecule has 2 aromatic carbocycles. The molecule has 2 heterocycles. The third-order valence-electron chi connectivity index (χ3n) is 7.76. The number of amidine groups is 1. The number of hydrogen-bond acceptors (Lipinski definition) is 7. The fraction of sp³-hybridized carbons (Fsp3) is 0.516. The molecule has 2 aromatic rings. The Bertz CT molecular complexity index is 1290. The summed E-state index contributed by atoms with van der Waals surface area (Å²) >= 11 is 0. The van der Waals surface area contributed by atoms with Gasteiger partial charge in [-0.3, -0.25) is 15.0 Å². The maximum absolute atomic E-state index is 13.8. The summed E-state index contributed by atoms with van der Waals surface area (Å²) in [7, 11) is 5.00. The van der Waals surface area contributed by atoms with Gasteiger partial charge in [-0.1, -0.05) is 20.8 Å². The Kier molecular flexibility index (Phi) is 8.73. The number of rotatable bonds is 9. The molecule has 4 rings (SSSR count). The van der Waals surface area contributed by atoms with Crippen LogP contribution >= 0.6 is 0 Å². The molecule has 0 radical (unpaired) electrons. The summed E-state index contributed by atoms with van der Waals surface area (Å²) in [5, 5.41) is 11.5. The summed E-state index contributed by atoms with van der Waals surface area (Å²) in [6.07, 6.45) is 2.06. The summed E-state index contributed by atoms with van der Waals surface area (Å²) in [6, 6.07) is 7.39. The van der Waals surface area contributed by atoms with E-state index < -0.39 is 0 Å². The number of amides is 1. The number of fused-ring (bicyclic) bond motifs is 1. The second kappa shape index (κ2) is 11.9. The van der Waals surface area contributed by atoms with Gasteiger partial charge in [-0.05, 0) is 55.0 Å². The fourth-order valence-corrected chi connectivity index (χ4v) is 5.53. The summed E-state index contributed by atoms with van der Waals surface area (Å²) in [5.74, 6) is 1.15. The zero-order valence-corrected chi connectivity index (χ0v) is 24.8. The third kappa shape index (κ3) is 5.80. The summed E-state index contributed by atoms with van der Waals surface area (Å²) in [4.78, 5) is 30.3. The third-order valence-corrected chi connectivity index (χ3v) is 7.76. The highest BCUT2D eigenvalue weighted by Gasteiger charge is 2.32. The van der Waals surface area contributed by atoms with Crippen molar-refractivity contribution in [2.24, 2.45) is 0 Å². The molecule has 0 unspecified atom stereocenters. The maximum Gasteiger partial charge on any atom is 0.254 e. The Morgan fingerprint density at radius 1 is 1.10 bits per heavy atom. The molecule has 9 heteroatoms. The molecule has 9 nitrogen and oxygen atoms in total. The molecular weight excluding hydrogens is 508 g/mol. The molecule has 1 saturated heterocycles. The number of piperidine rings is 1. The lowest BCUT2D eigenvalue weighted by molar-refractivity contribution is 0.0818. The van der Waals surface area contributed by atoms with Gasteiger partial charge in [0.15, 0.2) is 5.78 Å². The molecule has 0 atom stereocenters. The SMILES string of the molecule is CCOc1cc2c(cc1C(=O)NC)C(=N)N(CC(=O)c1cc(N3CCC(OC)CC3)c(OC)c(C(C)(C)C)c1)C2. The second-order valence-electron chi connectivity index (χ2n) is 11.4. The number of hydrogen-bond donors (Lipinski definition) is 2. The van der Waals surface area contributed by atoms with E-state index in [-0.39, 0.29) is 35.6 Å². The van der Waals surface area contributed by atoms with Crippen LogP contribution in [-0.4, -0.2) is 76.0 Å². The van der Waals surface area contributed by atoms with Gasteiger partial charge in [-0.15, -0.1) is 0 Å². The highest BCUT2D eigenvalue weighted by Crippen LogP contribution is 2.41. The van der Waals surface area contributed by atoms with E-state index in [0.717, 1.165) is 48.5 Å². The number of Topliss-reactive ketones (excluding diaryl/α,β-unsaturated/α-hetero) is 1. The first-order valence-corrected chi connectivity index (χ1v) is 13.9. The molecule has 216 valence electrons. The molecular formula is C31H42N4O5. The predicted octanol–water partition coefficient (Wildman–Crippen LogP) is 4.39. The van der Waals surface area contributed by atoms with Crippen molar-refractivity contribution in [1.82, 2.24) is 10.2 Å². The normalized spacial score (nSPS) is 15.7. The van der Waals surface area contributed by atoms with E-state index in [2.05, 4.69) is 31.0 Å². The number of benzene rings is 2. The number of nitrogens with zero attached hydrogens (tertiary/aromatic N) is 2. The topological polar surface area (TPSA) is 104 Å². The molecule has 0 spiro atoms. The first kappa shape index (κ1) is 29.4. The van der Waals surface area contributed by atoms with E-state index in [4.69, 9.17) is 19.6 Å². The number of ketones is 1. The first-order valence-electron chi connectivity index (χ1n) is 13.9. The van der Waals surface area contributed by atoms with Crippen molar-refractivity contribution in [2.45, 2.75) is 58.6 Å². The largest absolute Gasteiger partial charge is 0.494 e. The van der Waals surface area contributed by atoms with E-state index in [0.29, 0.717) is 35.6 Å². The van der Waals surface area contributed by atoms with E-state index in [9.17, 15) is 9.59 Å². The van der Waals surface area contributed by atoms with Crippen LogP contribution in [0.15, 0.2) is 24.3 Å². The number of ether oxygens (including phenoxy) is 3. The maximum atomic E-state index is 13.8. The van der Waals surface area contributed by atoms with E-state index in [1.165, 1.54) is 0 Å². The molecule has 2 N–H and O–H groups in total. The van der Waals surface area contributed by atoms with Crippen LogP contribution in [0.2, 0.25) is 0 Å². The summed E-state index contributed by atoms with van der Waals surface area (Å²) < 4.78 is 17.2. The van der Waals surface area contributed by atoms with Crippen LogP contribution < -0.4 is 19.7 Å². The summed E-state index contributed by atoms with van der Waals surface area (Å²) in [6.45, 7) is 10.7. The van der Waals surface area contributed by atoms with Crippen LogP contribution in [0.1, 0.15) is 77.9 Å². The second-order valence-corrected chi connectivity index (χ2v) is 11.4. The van der Waals surface area contributed by atoms with E-state index in [1.54, 1.807) is 32.2 Å². The van der Waals surface area contributed by atoms with Crippen molar-refractivity contribution in [3.63, 3.8) is 0 Å². The van der Waals surface area contributed by atoms with E-state index in [1.807, 2.05) is 25.1 Å². The minimum atomic E-state index is -0.274. The van der Waals surface area contributed by atoms with Crippen molar-refractivity contribution in [2.75, 3.05) is 52.4 Å².